The topological polar surface area (TPSA) is 32.5 Å². The highest BCUT2D eigenvalue weighted by atomic mass is 15.1. The fourth-order valence-corrected chi connectivity index (χ4v) is 1.99. The Kier molecular flexibility index (Phi) is 6.32. The molecule has 0 bridgehead atoms. The smallest absolute Gasteiger partial charge is 0.0361 e. The number of anilines is 1. The molecule has 0 radical (unpaired) electrons. The normalized spacial score (nSPS) is 13.1. The maximum absolute atomic E-state index is 6.08. The Labute approximate surface area is 118 Å². The van der Waals surface area contributed by atoms with Crippen molar-refractivity contribution in [3.05, 3.63) is 29.8 Å². The van der Waals surface area contributed by atoms with E-state index in [0.717, 1.165) is 19.5 Å². The van der Waals surface area contributed by atoms with Crippen LogP contribution in [0, 0.1) is 5.92 Å². The average molecular weight is 263 g/mol. The van der Waals surface area contributed by atoms with Gasteiger partial charge in [0.05, 0.1) is 0 Å². The van der Waals surface area contributed by atoms with Gasteiger partial charge in [0.25, 0.3) is 0 Å². The minimum absolute atomic E-state index is 0.304. The molecule has 3 heteroatoms. The molecule has 3 nitrogen and oxygen atoms in total. The van der Waals surface area contributed by atoms with Crippen molar-refractivity contribution >= 4 is 5.69 Å². The number of rotatable bonds is 7. The van der Waals surface area contributed by atoms with E-state index in [1.54, 1.807) is 0 Å². The van der Waals surface area contributed by atoms with Crippen LogP contribution < -0.4 is 10.6 Å². The van der Waals surface area contributed by atoms with Crippen LogP contribution in [-0.4, -0.2) is 38.6 Å². The quantitative estimate of drug-likeness (QED) is 0.820. The molecule has 0 heterocycles. The lowest BCUT2D eigenvalue weighted by molar-refractivity contribution is 0.296. The number of nitrogens with zero attached hydrogens (tertiary/aromatic N) is 2. The lowest BCUT2D eigenvalue weighted by Gasteiger charge is -2.21. The first-order valence-corrected chi connectivity index (χ1v) is 7.10. The predicted octanol–water partition coefficient (Wildman–Crippen LogP) is 2.56. The van der Waals surface area contributed by atoms with Gasteiger partial charge < -0.3 is 15.5 Å². The van der Waals surface area contributed by atoms with Crippen LogP contribution in [0.1, 0.15) is 25.8 Å². The molecule has 1 unspecified atom stereocenters. The molecule has 0 aliphatic carbocycles. The third-order valence-corrected chi connectivity index (χ3v) is 3.61. The van der Waals surface area contributed by atoms with E-state index >= 15 is 0 Å². The van der Waals surface area contributed by atoms with Crippen molar-refractivity contribution < 1.29 is 0 Å². The number of nitrogens with two attached hydrogens (primary N) is 1. The van der Waals surface area contributed by atoms with Gasteiger partial charge in [-0.15, -0.1) is 0 Å². The minimum atomic E-state index is 0.304. The van der Waals surface area contributed by atoms with Crippen LogP contribution in [0.2, 0.25) is 0 Å². The molecule has 0 aliphatic rings. The van der Waals surface area contributed by atoms with Crippen molar-refractivity contribution in [2.45, 2.75) is 32.9 Å². The lowest BCUT2D eigenvalue weighted by Crippen LogP contribution is -2.31. The van der Waals surface area contributed by atoms with E-state index in [1.807, 2.05) is 0 Å². The van der Waals surface area contributed by atoms with Gasteiger partial charge in [-0.25, -0.2) is 0 Å². The highest BCUT2D eigenvalue weighted by molar-refractivity contribution is 5.45. The first-order chi connectivity index (χ1) is 8.90. The molecule has 0 spiro atoms. The molecule has 1 aromatic carbocycles. The van der Waals surface area contributed by atoms with Crippen LogP contribution in [0.5, 0.6) is 0 Å². The monoisotopic (exact) mass is 263 g/mol. The molecule has 0 aromatic heterocycles. The summed E-state index contributed by atoms with van der Waals surface area (Å²) in [6, 6.07) is 9.05. The summed E-state index contributed by atoms with van der Waals surface area (Å²) in [6.45, 7) is 6.41. The van der Waals surface area contributed by atoms with Crippen LogP contribution >= 0.6 is 0 Å². The molecule has 0 saturated carbocycles. The number of hydrogen-bond donors (Lipinski definition) is 1. The fraction of sp³-hybridized carbons (Fsp3) is 0.625. The molecule has 0 saturated heterocycles. The van der Waals surface area contributed by atoms with Crippen molar-refractivity contribution in [1.29, 1.82) is 0 Å². The van der Waals surface area contributed by atoms with Crippen LogP contribution in [-0.2, 0) is 6.54 Å². The van der Waals surface area contributed by atoms with Gasteiger partial charge in [-0.05, 0) is 43.6 Å². The van der Waals surface area contributed by atoms with E-state index in [-0.39, 0.29) is 0 Å². The van der Waals surface area contributed by atoms with Gasteiger partial charge in [-0.2, -0.15) is 0 Å². The molecular weight excluding hydrogens is 234 g/mol. The zero-order valence-corrected chi connectivity index (χ0v) is 13.1. The highest BCUT2D eigenvalue weighted by Gasteiger charge is 2.09. The first-order valence-electron chi connectivity index (χ1n) is 7.10. The summed E-state index contributed by atoms with van der Waals surface area (Å²) in [6.07, 6.45) is 1.06. The maximum Gasteiger partial charge on any atom is 0.0361 e. The standard InChI is InChI=1S/C16H29N3/c1-13(2)16(17)10-11-19(5)12-14-6-8-15(9-7-14)18(3)4/h6-9,13,16H,10-12,17H2,1-5H3. The summed E-state index contributed by atoms with van der Waals surface area (Å²) in [5, 5.41) is 0. The second-order valence-corrected chi connectivity index (χ2v) is 6.00. The van der Waals surface area contributed by atoms with E-state index in [1.165, 1.54) is 11.3 Å². The van der Waals surface area contributed by atoms with E-state index in [9.17, 15) is 0 Å². The number of hydrogen-bond acceptors (Lipinski definition) is 3. The van der Waals surface area contributed by atoms with Gasteiger partial charge in [0, 0.05) is 32.4 Å². The molecule has 0 aliphatic heterocycles. The van der Waals surface area contributed by atoms with Crippen molar-refractivity contribution in [1.82, 2.24) is 4.90 Å². The second kappa shape index (κ2) is 7.51. The van der Waals surface area contributed by atoms with E-state index in [2.05, 4.69) is 69.1 Å². The zero-order chi connectivity index (χ0) is 14.4. The first kappa shape index (κ1) is 16.0. The van der Waals surface area contributed by atoms with Crippen LogP contribution in [0.25, 0.3) is 0 Å². The van der Waals surface area contributed by atoms with Gasteiger partial charge in [-0.3, -0.25) is 0 Å². The van der Waals surface area contributed by atoms with Crippen molar-refractivity contribution in [2.24, 2.45) is 11.7 Å². The number of benzene rings is 1. The molecule has 2 N–H and O–H groups in total. The molecular formula is C16H29N3. The Morgan fingerprint density at radius 2 is 1.63 bits per heavy atom. The van der Waals surface area contributed by atoms with E-state index < -0.39 is 0 Å². The summed E-state index contributed by atoms with van der Waals surface area (Å²) in [5.74, 6) is 0.563. The summed E-state index contributed by atoms with van der Waals surface area (Å²) in [7, 11) is 6.29. The summed E-state index contributed by atoms with van der Waals surface area (Å²) >= 11 is 0. The van der Waals surface area contributed by atoms with Crippen molar-refractivity contribution in [3.63, 3.8) is 0 Å². The van der Waals surface area contributed by atoms with E-state index in [0.29, 0.717) is 12.0 Å². The fourth-order valence-electron chi connectivity index (χ4n) is 1.99. The lowest BCUT2D eigenvalue weighted by atomic mass is 10.0. The van der Waals surface area contributed by atoms with Gasteiger partial charge >= 0.3 is 0 Å². The average Bonchev–Trinajstić information content (AvgIpc) is 2.36. The Morgan fingerprint density at radius 3 is 2.11 bits per heavy atom. The van der Waals surface area contributed by atoms with Crippen LogP contribution in [0.4, 0.5) is 5.69 Å². The van der Waals surface area contributed by atoms with Crippen molar-refractivity contribution in [2.75, 3.05) is 32.6 Å². The third kappa shape index (κ3) is 5.62. The molecule has 1 aromatic rings. The third-order valence-electron chi connectivity index (χ3n) is 3.61. The molecule has 108 valence electrons. The molecule has 1 atom stereocenters. The summed E-state index contributed by atoms with van der Waals surface area (Å²) < 4.78 is 0. The SMILES string of the molecule is CC(C)C(N)CCN(C)Cc1ccc(N(C)C)cc1. The molecule has 1 rings (SSSR count). The van der Waals surface area contributed by atoms with Crippen LogP contribution in [0.3, 0.4) is 0 Å². The zero-order valence-electron chi connectivity index (χ0n) is 13.1. The Morgan fingerprint density at radius 1 is 1.05 bits per heavy atom. The van der Waals surface area contributed by atoms with Crippen LogP contribution in [0.15, 0.2) is 24.3 Å². The molecule has 0 fully saturated rings. The Balaban J connectivity index is 2.41. The van der Waals surface area contributed by atoms with E-state index in [4.69, 9.17) is 5.73 Å². The van der Waals surface area contributed by atoms with Crippen molar-refractivity contribution in [3.8, 4) is 0 Å². The van der Waals surface area contributed by atoms with Gasteiger partial charge in [0.15, 0.2) is 0 Å². The minimum Gasteiger partial charge on any atom is -0.378 e. The Hall–Kier alpha value is -1.06. The summed E-state index contributed by atoms with van der Waals surface area (Å²) in [4.78, 5) is 4.46. The van der Waals surface area contributed by atoms with Gasteiger partial charge in [0.1, 0.15) is 0 Å². The molecule has 19 heavy (non-hydrogen) atoms. The largest absolute Gasteiger partial charge is 0.378 e. The second-order valence-electron chi connectivity index (χ2n) is 6.00. The maximum atomic E-state index is 6.08. The van der Waals surface area contributed by atoms with Gasteiger partial charge in [-0.1, -0.05) is 26.0 Å². The van der Waals surface area contributed by atoms with Gasteiger partial charge in [0.2, 0.25) is 0 Å². The predicted molar refractivity (Wildman–Crippen MR) is 84.5 cm³/mol. The molecule has 0 amide bonds. The summed E-state index contributed by atoms with van der Waals surface area (Å²) in [5.41, 5.74) is 8.68. The highest BCUT2D eigenvalue weighted by Crippen LogP contribution is 2.13. The Bertz CT molecular complexity index is 357.